The van der Waals surface area contributed by atoms with Crippen molar-refractivity contribution in [3.8, 4) is 0 Å². The molecule has 3 atom stereocenters. The van der Waals surface area contributed by atoms with E-state index < -0.39 is 5.60 Å². The van der Waals surface area contributed by atoms with Crippen LogP contribution in [0.25, 0.3) is 0 Å². The number of hydrogen-bond acceptors (Lipinski definition) is 3. The number of fused-ring (bicyclic) bond motifs is 2. The minimum Gasteiger partial charge on any atom is -0.435 e. The molecule has 4 nitrogen and oxygen atoms in total. The first-order chi connectivity index (χ1) is 10.0. The van der Waals surface area contributed by atoms with Gasteiger partial charge in [0, 0.05) is 19.5 Å². The summed E-state index contributed by atoms with van der Waals surface area (Å²) in [5.41, 5.74) is 1.90. The van der Waals surface area contributed by atoms with Crippen LogP contribution in [0.3, 0.4) is 0 Å². The fourth-order valence-corrected chi connectivity index (χ4v) is 3.97. The molecule has 3 saturated heterocycles. The van der Waals surface area contributed by atoms with Crippen LogP contribution >= 0.6 is 0 Å². The van der Waals surface area contributed by atoms with Gasteiger partial charge in [0.1, 0.15) is 6.10 Å². The number of amides is 1. The van der Waals surface area contributed by atoms with Crippen LogP contribution in [-0.4, -0.2) is 41.9 Å². The monoisotopic (exact) mass is 293 g/mol. The van der Waals surface area contributed by atoms with Crippen molar-refractivity contribution in [3.05, 3.63) is 11.1 Å². The number of nitrogens with zero attached hydrogens (tertiary/aromatic N) is 1. The molecule has 1 amide bonds. The van der Waals surface area contributed by atoms with Gasteiger partial charge in [-0.2, -0.15) is 0 Å². The van der Waals surface area contributed by atoms with E-state index >= 15 is 0 Å². The highest BCUT2D eigenvalue weighted by Gasteiger charge is 2.56. The van der Waals surface area contributed by atoms with E-state index in [2.05, 4.69) is 20.8 Å². The first-order valence-corrected chi connectivity index (χ1v) is 8.31. The van der Waals surface area contributed by atoms with Crippen molar-refractivity contribution >= 4 is 6.09 Å². The minimum absolute atomic E-state index is 0.0474. The smallest absolute Gasteiger partial charge is 0.410 e. The van der Waals surface area contributed by atoms with Gasteiger partial charge in [0.15, 0.2) is 5.60 Å². The lowest BCUT2D eigenvalue weighted by Gasteiger charge is -2.39. The molecule has 3 aliphatic heterocycles. The van der Waals surface area contributed by atoms with E-state index in [0.717, 1.165) is 45.2 Å². The quantitative estimate of drug-likeness (QED) is 0.729. The van der Waals surface area contributed by atoms with Crippen LogP contribution < -0.4 is 0 Å². The molecule has 0 radical (unpaired) electrons. The molecule has 0 spiro atoms. The molecule has 0 aromatic carbocycles. The van der Waals surface area contributed by atoms with Crippen LogP contribution in [0, 0.1) is 0 Å². The Morgan fingerprint density at radius 1 is 1.14 bits per heavy atom. The van der Waals surface area contributed by atoms with Crippen LogP contribution in [0.4, 0.5) is 4.79 Å². The maximum absolute atomic E-state index is 12.6. The highest BCUT2D eigenvalue weighted by atomic mass is 16.6. The van der Waals surface area contributed by atoms with Gasteiger partial charge in [-0.1, -0.05) is 5.57 Å². The number of allylic oxidation sites excluding steroid dienone is 1. The molecule has 0 aliphatic carbocycles. The molecule has 3 fully saturated rings. The highest BCUT2D eigenvalue weighted by Crippen LogP contribution is 2.48. The number of likely N-dealkylation sites (tertiary alicyclic amines) is 1. The van der Waals surface area contributed by atoms with Gasteiger partial charge < -0.3 is 14.4 Å². The van der Waals surface area contributed by atoms with Crippen molar-refractivity contribution in [2.75, 3.05) is 13.1 Å². The third-order valence-corrected chi connectivity index (χ3v) is 5.43. The molecule has 0 aromatic heterocycles. The van der Waals surface area contributed by atoms with E-state index in [1.54, 1.807) is 0 Å². The van der Waals surface area contributed by atoms with Crippen molar-refractivity contribution in [2.24, 2.45) is 0 Å². The fraction of sp³-hybridized carbons (Fsp3) is 0.824. The Morgan fingerprint density at radius 3 is 2.38 bits per heavy atom. The maximum atomic E-state index is 12.6. The number of ether oxygens (including phenoxy) is 2. The molecule has 3 rings (SSSR count). The number of rotatable bonds is 2. The van der Waals surface area contributed by atoms with Gasteiger partial charge >= 0.3 is 6.09 Å². The molecular formula is C17H27NO3. The predicted molar refractivity (Wildman–Crippen MR) is 81.2 cm³/mol. The second-order valence-electron chi connectivity index (χ2n) is 6.96. The molecule has 0 aromatic rings. The van der Waals surface area contributed by atoms with E-state index in [0.29, 0.717) is 0 Å². The average Bonchev–Trinajstić information content (AvgIpc) is 3.08. The van der Waals surface area contributed by atoms with Gasteiger partial charge in [-0.15, -0.1) is 0 Å². The summed E-state index contributed by atoms with van der Waals surface area (Å²) in [5.74, 6) is 0. The number of hydrogen-bond donors (Lipinski definition) is 0. The van der Waals surface area contributed by atoms with Gasteiger partial charge in [-0.25, -0.2) is 4.79 Å². The molecule has 4 heteroatoms. The Balaban J connectivity index is 1.80. The summed E-state index contributed by atoms with van der Waals surface area (Å²) in [7, 11) is 0. The van der Waals surface area contributed by atoms with E-state index in [-0.39, 0.29) is 18.3 Å². The van der Waals surface area contributed by atoms with Crippen LogP contribution in [0.1, 0.15) is 59.3 Å². The van der Waals surface area contributed by atoms with Gasteiger partial charge in [0.25, 0.3) is 0 Å². The lowest BCUT2D eigenvalue weighted by Crippen LogP contribution is -2.49. The molecule has 3 unspecified atom stereocenters. The van der Waals surface area contributed by atoms with E-state index in [1.165, 1.54) is 17.6 Å². The third kappa shape index (κ3) is 2.59. The average molecular weight is 293 g/mol. The number of carbonyl (C=O) groups excluding carboxylic acids is 1. The van der Waals surface area contributed by atoms with Gasteiger partial charge in [-0.05, 0) is 58.4 Å². The summed E-state index contributed by atoms with van der Waals surface area (Å²) >= 11 is 0. The molecule has 3 aliphatic rings. The number of piperidine rings is 1. The van der Waals surface area contributed by atoms with Crippen LogP contribution in [0.2, 0.25) is 0 Å². The number of carbonyl (C=O) groups is 1. The van der Waals surface area contributed by atoms with Crippen LogP contribution in [0.15, 0.2) is 11.1 Å². The fourth-order valence-electron chi connectivity index (χ4n) is 3.97. The zero-order valence-electron chi connectivity index (χ0n) is 13.5. The Hall–Kier alpha value is -1.03. The zero-order valence-corrected chi connectivity index (χ0v) is 13.5. The Bertz CT molecular complexity index is 449. The lowest BCUT2D eigenvalue weighted by atomic mass is 9.78. The van der Waals surface area contributed by atoms with Crippen molar-refractivity contribution in [1.82, 2.24) is 4.90 Å². The van der Waals surface area contributed by atoms with Crippen LogP contribution in [-0.2, 0) is 9.47 Å². The largest absolute Gasteiger partial charge is 0.435 e. The summed E-state index contributed by atoms with van der Waals surface area (Å²) in [6, 6.07) is 0. The molecule has 118 valence electrons. The van der Waals surface area contributed by atoms with Gasteiger partial charge in [-0.3, -0.25) is 0 Å². The topological polar surface area (TPSA) is 38.8 Å². The summed E-state index contributed by atoms with van der Waals surface area (Å²) in [5, 5.41) is 0. The second-order valence-corrected chi connectivity index (χ2v) is 6.96. The molecular weight excluding hydrogens is 266 g/mol. The highest BCUT2D eigenvalue weighted by molar-refractivity contribution is 5.69. The second kappa shape index (κ2) is 5.64. The van der Waals surface area contributed by atoms with Gasteiger partial charge in [0.2, 0.25) is 0 Å². The summed E-state index contributed by atoms with van der Waals surface area (Å²) in [6.45, 7) is 7.95. The van der Waals surface area contributed by atoms with Gasteiger partial charge in [0.05, 0.1) is 6.10 Å². The van der Waals surface area contributed by atoms with E-state index in [9.17, 15) is 4.79 Å². The summed E-state index contributed by atoms with van der Waals surface area (Å²) in [4.78, 5) is 14.5. The standard InChI is InChI=1S/C17H27NO3/c1-12(2)13(3)17(11-14-7-8-15(17)20-14)21-16(19)18-9-5-4-6-10-18/h14-15H,4-11H2,1-3H3. The Kier molecular flexibility index (Phi) is 4.00. The summed E-state index contributed by atoms with van der Waals surface area (Å²) in [6.07, 6.45) is 6.49. The molecule has 2 bridgehead atoms. The normalized spacial score (nSPS) is 34.9. The van der Waals surface area contributed by atoms with Crippen molar-refractivity contribution in [2.45, 2.75) is 77.1 Å². The minimum atomic E-state index is -0.518. The van der Waals surface area contributed by atoms with Crippen molar-refractivity contribution in [3.63, 3.8) is 0 Å². The summed E-state index contributed by atoms with van der Waals surface area (Å²) < 4.78 is 12.1. The molecule has 21 heavy (non-hydrogen) atoms. The van der Waals surface area contributed by atoms with E-state index in [4.69, 9.17) is 9.47 Å². The Labute approximate surface area is 127 Å². The SMILES string of the molecule is CC(C)=C(C)C1(OC(=O)N2CCCCC2)CC2CCC1O2. The van der Waals surface area contributed by atoms with Crippen molar-refractivity contribution < 1.29 is 14.3 Å². The third-order valence-electron chi connectivity index (χ3n) is 5.43. The first kappa shape index (κ1) is 14.9. The molecule has 0 N–H and O–H groups in total. The van der Waals surface area contributed by atoms with E-state index in [1.807, 2.05) is 4.90 Å². The lowest BCUT2D eigenvalue weighted by molar-refractivity contribution is -0.0334. The first-order valence-electron chi connectivity index (χ1n) is 8.31. The van der Waals surface area contributed by atoms with Crippen molar-refractivity contribution in [1.29, 1.82) is 0 Å². The van der Waals surface area contributed by atoms with Crippen LogP contribution in [0.5, 0.6) is 0 Å². The Morgan fingerprint density at radius 2 is 1.86 bits per heavy atom. The zero-order chi connectivity index (χ0) is 15.0. The molecule has 0 saturated carbocycles. The predicted octanol–water partition coefficient (Wildman–Crippen LogP) is 3.66. The molecule has 3 heterocycles. The maximum Gasteiger partial charge on any atom is 0.410 e.